The minimum absolute atomic E-state index is 0.133. The number of hydrogen-bond acceptors (Lipinski definition) is 3. The Morgan fingerprint density at radius 1 is 1.28 bits per heavy atom. The molecule has 5 heteroatoms. The average Bonchev–Trinajstić information content (AvgIpc) is 2.90. The Balaban J connectivity index is 1.87. The van der Waals surface area contributed by atoms with Gasteiger partial charge in [0.2, 0.25) is 0 Å². The highest BCUT2D eigenvalue weighted by Gasteiger charge is 2.28. The molecule has 1 aliphatic rings. The van der Waals surface area contributed by atoms with E-state index >= 15 is 0 Å². The highest BCUT2D eigenvalue weighted by atomic mass is 127. The molecule has 1 aliphatic heterocycles. The number of amides is 1. The maximum atomic E-state index is 12.7. The number of terminal acetylenes is 1. The molecule has 1 amide bonds. The van der Waals surface area contributed by atoms with E-state index in [0.29, 0.717) is 11.3 Å². The SMILES string of the molecule is C#CCOc1ccc(/C=C2/C(=O)N(c3ccccc3)N=C2C)cc1I. The van der Waals surface area contributed by atoms with Crippen LogP contribution in [0.5, 0.6) is 5.75 Å². The standard InChI is InChI=1S/C20H15IN2O2/c1-3-11-25-19-10-9-15(13-18(19)21)12-17-14(2)22-23(20(17)24)16-7-5-4-6-8-16/h1,4-10,12-13H,11H2,2H3/b17-12+. The molecule has 0 aliphatic carbocycles. The molecule has 3 rings (SSSR count). The summed E-state index contributed by atoms with van der Waals surface area (Å²) in [5, 5.41) is 5.81. The van der Waals surface area contributed by atoms with Crippen LogP contribution in [0.3, 0.4) is 0 Å². The molecular weight excluding hydrogens is 427 g/mol. The van der Waals surface area contributed by atoms with Crippen molar-refractivity contribution in [1.29, 1.82) is 0 Å². The van der Waals surface area contributed by atoms with Gasteiger partial charge in [-0.05, 0) is 65.4 Å². The Kier molecular flexibility index (Phi) is 5.19. The average molecular weight is 442 g/mol. The van der Waals surface area contributed by atoms with Crippen molar-refractivity contribution in [2.75, 3.05) is 11.6 Å². The topological polar surface area (TPSA) is 41.9 Å². The Morgan fingerprint density at radius 2 is 2.04 bits per heavy atom. The maximum absolute atomic E-state index is 12.7. The maximum Gasteiger partial charge on any atom is 0.280 e. The first-order valence-corrected chi connectivity index (χ1v) is 8.70. The van der Waals surface area contributed by atoms with Gasteiger partial charge in [0.1, 0.15) is 12.4 Å². The number of para-hydroxylation sites is 1. The number of nitrogens with zero attached hydrogens (tertiary/aromatic N) is 2. The predicted molar refractivity (Wildman–Crippen MR) is 109 cm³/mol. The van der Waals surface area contributed by atoms with Crippen LogP contribution in [-0.4, -0.2) is 18.2 Å². The van der Waals surface area contributed by atoms with Crippen molar-refractivity contribution in [2.45, 2.75) is 6.92 Å². The fourth-order valence-electron chi connectivity index (χ4n) is 2.44. The van der Waals surface area contributed by atoms with E-state index in [1.54, 1.807) is 0 Å². The summed E-state index contributed by atoms with van der Waals surface area (Å²) in [6.07, 6.45) is 7.06. The lowest BCUT2D eigenvalue weighted by Crippen LogP contribution is -2.21. The molecular formula is C20H15IN2O2. The number of carbonyl (C=O) groups is 1. The van der Waals surface area contributed by atoms with Gasteiger partial charge in [-0.25, -0.2) is 0 Å². The molecule has 0 spiro atoms. The van der Waals surface area contributed by atoms with Crippen molar-refractivity contribution < 1.29 is 9.53 Å². The highest BCUT2D eigenvalue weighted by Crippen LogP contribution is 2.27. The Morgan fingerprint density at radius 3 is 2.72 bits per heavy atom. The third-order valence-corrected chi connectivity index (χ3v) is 4.48. The molecule has 0 fully saturated rings. The zero-order chi connectivity index (χ0) is 17.8. The molecule has 2 aromatic carbocycles. The van der Waals surface area contributed by atoms with Gasteiger partial charge in [-0.1, -0.05) is 30.2 Å². The summed E-state index contributed by atoms with van der Waals surface area (Å²) in [7, 11) is 0. The summed E-state index contributed by atoms with van der Waals surface area (Å²) >= 11 is 2.19. The fourth-order valence-corrected chi connectivity index (χ4v) is 3.13. The van der Waals surface area contributed by atoms with E-state index in [1.165, 1.54) is 5.01 Å². The molecule has 2 aromatic rings. The summed E-state index contributed by atoms with van der Waals surface area (Å²) in [6, 6.07) is 15.1. The minimum Gasteiger partial charge on any atom is -0.480 e. The number of ether oxygens (including phenoxy) is 1. The zero-order valence-electron chi connectivity index (χ0n) is 13.6. The van der Waals surface area contributed by atoms with Crippen LogP contribution in [0.15, 0.2) is 59.2 Å². The van der Waals surface area contributed by atoms with E-state index < -0.39 is 0 Å². The van der Waals surface area contributed by atoms with E-state index in [2.05, 4.69) is 33.6 Å². The quantitative estimate of drug-likeness (QED) is 0.407. The number of anilines is 1. The monoisotopic (exact) mass is 442 g/mol. The molecule has 0 saturated heterocycles. The number of hydrazone groups is 1. The summed E-state index contributed by atoms with van der Waals surface area (Å²) in [5.41, 5.74) is 2.93. The van der Waals surface area contributed by atoms with Crippen LogP contribution < -0.4 is 9.75 Å². The first-order valence-electron chi connectivity index (χ1n) is 7.63. The van der Waals surface area contributed by atoms with Gasteiger partial charge in [0.05, 0.1) is 20.5 Å². The summed E-state index contributed by atoms with van der Waals surface area (Å²) in [4.78, 5) is 12.7. The van der Waals surface area contributed by atoms with Crippen LogP contribution in [0, 0.1) is 15.9 Å². The second-order valence-corrected chi connectivity index (χ2v) is 6.54. The molecule has 0 atom stereocenters. The molecule has 0 bridgehead atoms. The van der Waals surface area contributed by atoms with Gasteiger partial charge in [-0.15, -0.1) is 6.42 Å². The fraction of sp³-hybridized carbons (Fsp3) is 0.100. The van der Waals surface area contributed by atoms with Crippen molar-refractivity contribution in [2.24, 2.45) is 5.10 Å². The molecule has 0 radical (unpaired) electrons. The van der Waals surface area contributed by atoms with Gasteiger partial charge < -0.3 is 4.74 Å². The molecule has 4 nitrogen and oxygen atoms in total. The predicted octanol–water partition coefficient (Wildman–Crippen LogP) is 4.11. The number of benzene rings is 2. The van der Waals surface area contributed by atoms with Crippen LogP contribution in [0.2, 0.25) is 0 Å². The van der Waals surface area contributed by atoms with Crippen molar-refractivity contribution in [3.8, 4) is 18.1 Å². The number of hydrogen-bond donors (Lipinski definition) is 0. The van der Waals surface area contributed by atoms with Crippen molar-refractivity contribution >= 4 is 46.0 Å². The third kappa shape index (κ3) is 3.74. The van der Waals surface area contributed by atoms with Gasteiger partial charge in [0, 0.05) is 0 Å². The lowest BCUT2D eigenvalue weighted by Gasteiger charge is -2.11. The molecule has 0 N–H and O–H groups in total. The van der Waals surface area contributed by atoms with Gasteiger partial charge in [0.25, 0.3) is 5.91 Å². The first kappa shape index (κ1) is 17.2. The van der Waals surface area contributed by atoms with E-state index in [1.807, 2.05) is 61.5 Å². The van der Waals surface area contributed by atoms with Gasteiger partial charge in [-0.3, -0.25) is 4.79 Å². The smallest absolute Gasteiger partial charge is 0.280 e. The summed E-state index contributed by atoms with van der Waals surface area (Å²) in [6.45, 7) is 2.06. The van der Waals surface area contributed by atoms with Crippen LogP contribution in [0.4, 0.5) is 5.69 Å². The lowest BCUT2D eigenvalue weighted by molar-refractivity contribution is -0.114. The van der Waals surface area contributed by atoms with Crippen molar-refractivity contribution in [3.63, 3.8) is 0 Å². The van der Waals surface area contributed by atoms with Crippen molar-refractivity contribution in [3.05, 3.63) is 63.2 Å². The number of halogens is 1. The molecule has 0 aromatic heterocycles. The Hall–Kier alpha value is -2.59. The van der Waals surface area contributed by atoms with Gasteiger partial charge in [0.15, 0.2) is 0 Å². The van der Waals surface area contributed by atoms with E-state index in [4.69, 9.17) is 11.2 Å². The van der Waals surface area contributed by atoms with E-state index in [0.717, 1.165) is 20.6 Å². The Bertz CT molecular complexity index is 911. The molecule has 0 saturated carbocycles. The van der Waals surface area contributed by atoms with E-state index in [9.17, 15) is 4.79 Å². The summed E-state index contributed by atoms with van der Waals surface area (Å²) < 4.78 is 6.40. The largest absolute Gasteiger partial charge is 0.480 e. The first-order chi connectivity index (χ1) is 12.1. The minimum atomic E-state index is -0.133. The Labute approximate surface area is 160 Å². The normalized spacial score (nSPS) is 15.2. The van der Waals surface area contributed by atoms with Gasteiger partial charge >= 0.3 is 0 Å². The summed E-state index contributed by atoms with van der Waals surface area (Å²) in [5.74, 6) is 3.04. The van der Waals surface area contributed by atoms with Crippen LogP contribution >= 0.6 is 22.6 Å². The van der Waals surface area contributed by atoms with Crippen LogP contribution in [0.25, 0.3) is 6.08 Å². The number of carbonyl (C=O) groups excluding carboxylic acids is 1. The molecule has 0 unspecified atom stereocenters. The second-order valence-electron chi connectivity index (χ2n) is 5.38. The lowest BCUT2D eigenvalue weighted by atomic mass is 10.1. The highest BCUT2D eigenvalue weighted by molar-refractivity contribution is 14.1. The van der Waals surface area contributed by atoms with Crippen LogP contribution in [0.1, 0.15) is 12.5 Å². The third-order valence-electron chi connectivity index (χ3n) is 3.64. The van der Waals surface area contributed by atoms with Gasteiger partial charge in [-0.2, -0.15) is 10.1 Å². The van der Waals surface area contributed by atoms with Crippen molar-refractivity contribution in [1.82, 2.24) is 0 Å². The molecule has 1 heterocycles. The van der Waals surface area contributed by atoms with Crippen LogP contribution in [-0.2, 0) is 4.79 Å². The molecule has 25 heavy (non-hydrogen) atoms. The second kappa shape index (κ2) is 7.53. The zero-order valence-corrected chi connectivity index (χ0v) is 15.7. The van der Waals surface area contributed by atoms with E-state index in [-0.39, 0.29) is 12.5 Å². The molecule has 124 valence electrons. The number of rotatable bonds is 4.